The zero-order chi connectivity index (χ0) is 18.9. The van der Waals surface area contributed by atoms with Crippen molar-refractivity contribution in [1.29, 1.82) is 0 Å². The molecule has 1 aliphatic heterocycles. The highest BCUT2D eigenvalue weighted by Crippen LogP contribution is 2.15. The molecule has 1 aliphatic rings. The van der Waals surface area contributed by atoms with Gasteiger partial charge in [0.15, 0.2) is 11.8 Å². The molecule has 7 nitrogen and oxygen atoms in total. The van der Waals surface area contributed by atoms with Crippen LogP contribution in [0.25, 0.3) is 5.82 Å². The fourth-order valence-electron chi connectivity index (χ4n) is 3.30. The fourth-order valence-corrected chi connectivity index (χ4v) is 3.30. The van der Waals surface area contributed by atoms with Crippen molar-refractivity contribution in [2.24, 2.45) is 10.9 Å². The molecule has 3 rings (SSSR count). The summed E-state index contributed by atoms with van der Waals surface area (Å²) in [6.07, 6.45) is 9.26. The quantitative estimate of drug-likeness (QED) is 0.444. The number of nitrogens with one attached hydrogen (secondary N) is 2. The minimum absolute atomic E-state index is 0.695. The lowest BCUT2D eigenvalue weighted by atomic mass is 9.99. The van der Waals surface area contributed by atoms with Gasteiger partial charge in [-0.25, -0.2) is 9.67 Å². The number of piperidine rings is 1. The molecule has 1 fully saturated rings. The maximum atomic E-state index is 4.36. The van der Waals surface area contributed by atoms with Crippen LogP contribution < -0.4 is 10.6 Å². The van der Waals surface area contributed by atoms with Crippen LogP contribution in [0.5, 0.6) is 0 Å². The maximum absolute atomic E-state index is 4.36. The minimum atomic E-state index is 0.695. The number of hydrogen-bond acceptors (Lipinski definition) is 4. The molecule has 0 saturated carbocycles. The van der Waals surface area contributed by atoms with Gasteiger partial charge in [-0.3, -0.25) is 4.99 Å². The number of likely N-dealkylation sites (tertiary alicyclic amines) is 1. The first-order valence-electron chi connectivity index (χ1n) is 9.86. The molecule has 0 unspecified atom stereocenters. The first kappa shape index (κ1) is 19.4. The predicted molar refractivity (Wildman–Crippen MR) is 109 cm³/mol. The van der Waals surface area contributed by atoms with E-state index in [1.165, 1.54) is 25.9 Å². The molecule has 0 bridgehead atoms. The summed E-state index contributed by atoms with van der Waals surface area (Å²) in [5.74, 6) is 2.54. The standard InChI is InChI=1S/C20H31N7/c1-17-6-13-26(14-7-17)11-3-8-23-20(21-2)24-16-18-5-10-22-19(15-18)27-12-4-9-25-27/h4-5,9-10,12,15,17H,3,6-8,11,13-14,16H2,1-2H3,(H2,21,23,24). The molecular formula is C20H31N7. The van der Waals surface area contributed by atoms with E-state index in [4.69, 9.17) is 0 Å². The van der Waals surface area contributed by atoms with Gasteiger partial charge >= 0.3 is 0 Å². The Bertz CT molecular complexity index is 703. The fraction of sp³-hybridized carbons (Fsp3) is 0.550. The second-order valence-corrected chi connectivity index (χ2v) is 7.20. The Morgan fingerprint density at radius 3 is 2.85 bits per heavy atom. The average Bonchev–Trinajstić information content (AvgIpc) is 3.24. The normalized spacial score (nSPS) is 16.4. The summed E-state index contributed by atoms with van der Waals surface area (Å²) in [6.45, 7) is 7.63. The predicted octanol–water partition coefficient (Wildman–Crippen LogP) is 2.05. The van der Waals surface area contributed by atoms with Crippen molar-refractivity contribution in [3.8, 4) is 5.82 Å². The summed E-state index contributed by atoms with van der Waals surface area (Å²) in [7, 11) is 1.81. The number of aromatic nitrogens is 3. The van der Waals surface area contributed by atoms with Gasteiger partial charge in [0.1, 0.15) is 0 Å². The molecule has 27 heavy (non-hydrogen) atoms. The van der Waals surface area contributed by atoms with E-state index in [0.29, 0.717) is 6.54 Å². The Hall–Kier alpha value is -2.41. The van der Waals surface area contributed by atoms with Crippen molar-refractivity contribution in [3.05, 3.63) is 42.4 Å². The zero-order valence-electron chi connectivity index (χ0n) is 16.4. The number of guanidine groups is 1. The van der Waals surface area contributed by atoms with E-state index in [-0.39, 0.29) is 0 Å². The highest BCUT2D eigenvalue weighted by molar-refractivity contribution is 5.79. The van der Waals surface area contributed by atoms with Gasteiger partial charge in [-0.05, 0) is 68.6 Å². The second-order valence-electron chi connectivity index (χ2n) is 7.20. The first-order valence-corrected chi connectivity index (χ1v) is 9.86. The van der Waals surface area contributed by atoms with Crippen molar-refractivity contribution < 1.29 is 0 Å². The van der Waals surface area contributed by atoms with Gasteiger partial charge in [-0.2, -0.15) is 5.10 Å². The first-order chi connectivity index (χ1) is 13.2. The van der Waals surface area contributed by atoms with E-state index in [0.717, 1.165) is 42.8 Å². The van der Waals surface area contributed by atoms with Gasteiger partial charge in [0.2, 0.25) is 0 Å². The molecule has 0 spiro atoms. The molecule has 0 radical (unpaired) electrons. The number of pyridine rings is 1. The number of aliphatic imine (C=N–C) groups is 1. The molecule has 0 aliphatic carbocycles. The van der Waals surface area contributed by atoms with E-state index in [1.807, 2.05) is 37.6 Å². The summed E-state index contributed by atoms with van der Waals surface area (Å²) < 4.78 is 1.76. The van der Waals surface area contributed by atoms with Gasteiger partial charge in [-0.1, -0.05) is 6.92 Å². The minimum Gasteiger partial charge on any atom is -0.356 e. The third-order valence-electron chi connectivity index (χ3n) is 5.05. The summed E-state index contributed by atoms with van der Waals surface area (Å²) in [5, 5.41) is 11.0. The van der Waals surface area contributed by atoms with Crippen molar-refractivity contribution in [3.63, 3.8) is 0 Å². The summed E-state index contributed by atoms with van der Waals surface area (Å²) in [5.41, 5.74) is 1.14. The third-order valence-corrected chi connectivity index (χ3v) is 5.05. The molecule has 0 aromatic carbocycles. The van der Waals surface area contributed by atoms with E-state index in [1.54, 1.807) is 10.9 Å². The zero-order valence-corrected chi connectivity index (χ0v) is 16.4. The van der Waals surface area contributed by atoms with Crippen LogP contribution in [0.3, 0.4) is 0 Å². The highest BCUT2D eigenvalue weighted by Gasteiger charge is 2.14. The Kier molecular flexibility index (Phi) is 7.21. The van der Waals surface area contributed by atoms with E-state index >= 15 is 0 Å². The van der Waals surface area contributed by atoms with E-state index < -0.39 is 0 Å². The number of rotatable bonds is 7. The van der Waals surface area contributed by atoms with Crippen LogP contribution in [-0.2, 0) is 6.54 Å². The van der Waals surface area contributed by atoms with E-state index in [2.05, 4.69) is 37.5 Å². The molecule has 2 N–H and O–H groups in total. The van der Waals surface area contributed by atoms with Crippen LogP contribution in [0, 0.1) is 5.92 Å². The van der Waals surface area contributed by atoms with Crippen LogP contribution in [-0.4, -0.2) is 58.9 Å². The molecule has 2 aromatic heterocycles. The van der Waals surface area contributed by atoms with Crippen LogP contribution in [0.4, 0.5) is 0 Å². The van der Waals surface area contributed by atoms with Gasteiger partial charge in [0.05, 0.1) is 0 Å². The average molecular weight is 370 g/mol. The van der Waals surface area contributed by atoms with Crippen LogP contribution in [0.1, 0.15) is 31.7 Å². The Labute approximate surface area is 161 Å². The number of hydrogen-bond donors (Lipinski definition) is 2. The Morgan fingerprint density at radius 2 is 2.11 bits per heavy atom. The third kappa shape index (κ3) is 6.06. The lowest BCUT2D eigenvalue weighted by Crippen LogP contribution is -2.39. The smallest absolute Gasteiger partial charge is 0.191 e. The SMILES string of the molecule is CN=C(NCCCN1CCC(C)CC1)NCc1ccnc(-n2cccn2)c1. The molecule has 3 heterocycles. The van der Waals surface area contributed by atoms with Crippen molar-refractivity contribution >= 4 is 5.96 Å². The molecule has 0 atom stereocenters. The van der Waals surface area contributed by atoms with E-state index in [9.17, 15) is 0 Å². The summed E-state index contributed by atoms with van der Waals surface area (Å²) >= 11 is 0. The van der Waals surface area contributed by atoms with Crippen molar-refractivity contribution in [2.45, 2.75) is 32.7 Å². The molecule has 7 heteroatoms. The van der Waals surface area contributed by atoms with Gasteiger partial charge < -0.3 is 15.5 Å². The largest absolute Gasteiger partial charge is 0.356 e. The van der Waals surface area contributed by atoms with Crippen LogP contribution in [0.15, 0.2) is 41.8 Å². The molecule has 146 valence electrons. The van der Waals surface area contributed by atoms with Crippen molar-refractivity contribution in [2.75, 3.05) is 33.2 Å². The Balaban J connectivity index is 1.38. The van der Waals surface area contributed by atoms with Crippen molar-refractivity contribution in [1.82, 2.24) is 30.3 Å². The summed E-state index contributed by atoms with van der Waals surface area (Å²) in [4.78, 5) is 11.3. The second kappa shape index (κ2) is 10.1. The van der Waals surface area contributed by atoms with Crippen LogP contribution >= 0.6 is 0 Å². The highest BCUT2D eigenvalue weighted by atomic mass is 15.3. The topological polar surface area (TPSA) is 70.4 Å². The van der Waals surface area contributed by atoms with Gasteiger partial charge in [-0.15, -0.1) is 0 Å². The Morgan fingerprint density at radius 1 is 1.26 bits per heavy atom. The molecule has 2 aromatic rings. The summed E-state index contributed by atoms with van der Waals surface area (Å²) in [6, 6.07) is 5.93. The number of nitrogens with zero attached hydrogens (tertiary/aromatic N) is 5. The lowest BCUT2D eigenvalue weighted by Gasteiger charge is -2.30. The molecule has 1 saturated heterocycles. The maximum Gasteiger partial charge on any atom is 0.191 e. The monoisotopic (exact) mass is 369 g/mol. The van der Waals surface area contributed by atoms with Gasteiger partial charge in [0.25, 0.3) is 0 Å². The molecular weight excluding hydrogens is 338 g/mol. The van der Waals surface area contributed by atoms with Gasteiger partial charge in [0, 0.05) is 38.7 Å². The lowest BCUT2D eigenvalue weighted by molar-refractivity contribution is 0.191. The van der Waals surface area contributed by atoms with Crippen LogP contribution in [0.2, 0.25) is 0 Å². The molecule has 0 amide bonds.